The van der Waals surface area contributed by atoms with Crippen molar-refractivity contribution in [1.29, 1.82) is 0 Å². The molecule has 0 saturated carbocycles. The molecule has 0 saturated heterocycles. The number of anilines is 1. The number of pyridine rings is 1. The van der Waals surface area contributed by atoms with E-state index in [9.17, 15) is 18.0 Å². The van der Waals surface area contributed by atoms with Gasteiger partial charge in [0.15, 0.2) is 11.3 Å². The monoisotopic (exact) mass is 588 g/mol. The molecule has 0 aliphatic heterocycles. The van der Waals surface area contributed by atoms with Crippen molar-refractivity contribution in [2.45, 2.75) is 17.4 Å². The molecule has 5 rings (SSSR count). The van der Waals surface area contributed by atoms with Gasteiger partial charge in [-0.05, 0) is 48.4 Å². The third-order valence-corrected chi connectivity index (χ3v) is 8.77. The molecule has 0 spiro atoms. The van der Waals surface area contributed by atoms with Gasteiger partial charge in [-0.25, -0.2) is 18.1 Å². The molecule has 1 atom stereocenters. The fraction of sp³-hybridized carbons (Fsp3) is 0.0714. The highest BCUT2D eigenvalue weighted by Crippen LogP contribution is 2.30. The van der Waals surface area contributed by atoms with Gasteiger partial charge in [-0.3, -0.25) is 9.59 Å². The highest BCUT2D eigenvalue weighted by Gasteiger charge is 2.25. The van der Waals surface area contributed by atoms with E-state index in [4.69, 9.17) is 10.9 Å². The number of H-pyrrole nitrogens is 1. The van der Waals surface area contributed by atoms with Crippen molar-refractivity contribution in [1.82, 2.24) is 14.7 Å². The number of nitrogens with one attached hydrogen (secondary N) is 3. The molecule has 3 aromatic carbocycles. The first kappa shape index (κ1) is 27.7. The number of nitrogens with zero attached hydrogens (tertiary/aromatic N) is 2. The van der Waals surface area contributed by atoms with E-state index in [-0.39, 0.29) is 28.4 Å². The van der Waals surface area contributed by atoms with E-state index in [2.05, 4.69) is 25.2 Å². The first-order chi connectivity index (χ1) is 19.7. The number of nitrogens with two attached hydrogens (primary N) is 1. The Labute approximate surface area is 238 Å². The van der Waals surface area contributed by atoms with Crippen molar-refractivity contribution in [3.63, 3.8) is 0 Å². The van der Waals surface area contributed by atoms with Gasteiger partial charge in [0.1, 0.15) is 10.6 Å². The fourth-order valence-corrected chi connectivity index (χ4v) is 6.50. The van der Waals surface area contributed by atoms with Crippen LogP contribution in [0.25, 0.3) is 10.2 Å². The SMILES string of the molecule is NC(=NO)c1cccc(CC(NS(=O)(=O)c2cccc(NC(=O)c3c[nH]ccc3=O)c2)c2nc3ccccc3s2)c1. The second-order valence-corrected chi connectivity index (χ2v) is 11.8. The van der Waals surface area contributed by atoms with Crippen LogP contribution in [0.2, 0.25) is 0 Å². The summed E-state index contributed by atoms with van der Waals surface area (Å²) in [5.41, 5.74) is 7.33. The standard InChI is InChI=1S/C28H24N6O5S2/c29-26(33-37)18-6-3-5-17(13-18)14-23(28-32-22-9-1-2-10-25(22)40-28)34-41(38,39)20-8-4-7-19(15-20)31-27(36)21-16-30-12-11-24(21)35/h1-13,15-16,23,34,37H,14H2,(H2,29,33)(H,30,35)(H,31,36). The molecule has 1 unspecified atom stereocenters. The molecule has 0 fully saturated rings. The van der Waals surface area contributed by atoms with Gasteiger partial charge in [0.2, 0.25) is 10.0 Å². The molecule has 208 valence electrons. The summed E-state index contributed by atoms with van der Waals surface area (Å²) in [4.78, 5) is 31.9. The van der Waals surface area contributed by atoms with Crippen LogP contribution in [0.4, 0.5) is 5.69 Å². The van der Waals surface area contributed by atoms with Crippen LogP contribution in [0.15, 0.2) is 106 Å². The molecule has 1 amide bonds. The predicted octanol–water partition coefficient (Wildman–Crippen LogP) is 3.59. The first-order valence-corrected chi connectivity index (χ1v) is 14.6. The lowest BCUT2D eigenvalue weighted by atomic mass is 10.0. The number of rotatable bonds is 9. The van der Waals surface area contributed by atoms with Crippen molar-refractivity contribution in [3.05, 3.63) is 123 Å². The molecule has 11 nitrogen and oxygen atoms in total. The number of aromatic nitrogens is 2. The molecule has 13 heteroatoms. The highest BCUT2D eigenvalue weighted by atomic mass is 32.2. The lowest BCUT2D eigenvalue weighted by Gasteiger charge is -2.18. The second kappa shape index (κ2) is 11.7. The minimum atomic E-state index is -4.12. The summed E-state index contributed by atoms with van der Waals surface area (Å²) < 4.78 is 30.9. The summed E-state index contributed by atoms with van der Waals surface area (Å²) in [6.07, 6.45) is 2.90. The molecule has 5 aromatic rings. The Kier molecular flexibility index (Phi) is 7.92. The molecule has 2 aromatic heterocycles. The average Bonchev–Trinajstić information content (AvgIpc) is 3.41. The highest BCUT2D eigenvalue weighted by molar-refractivity contribution is 7.89. The summed E-state index contributed by atoms with van der Waals surface area (Å²) in [5, 5.41) is 15.2. The number of carbonyl (C=O) groups is 1. The van der Waals surface area contributed by atoms with Crippen LogP contribution in [0.3, 0.4) is 0 Å². The zero-order chi connectivity index (χ0) is 29.0. The van der Waals surface area contributed by atoms with E-state index in [1.807, 2.05) is 30.3 Å². The number of amidine groups is 1. The van der Waals surface area contributed by atoms with E-state index >= 15 is 0 Å². The van der Waals surface area contributed by atoms with Crippen LogP contribution in [0, 0.1) is 0 Å². The van der Waals surface area contributed by atoms with Gasteiger partial charge in [0, 0.05) is 29.7 Å². The number of aromatic amines is 1. The Hall–Kier alpha value is -4.85. The Balaban J connectivity index is 1.46. The van der Waals surface area contributed by atoms with Gasteiger partial charge in [-0.1, -0.05) is 41.6 Å². The van der Waals surface area contributed by atoms with E-state index in [0.29, 0.717) is 10.6 Å². The van der Waals surface area contributed by atoms with Crippen molar-refractivity contribution >= 4 is 49.0 Å². The zero-order valence-electron chi connectivity index (χ0n) is 21.3. The number of benzene rings is 3. The van der Waals surface area contributed by atoms with Crippen molar-refractivity contribution in [3.8, 4) is 0 Å². The van der Waals surface area contributed by atoms with Crippen LogP contribution in [0.5, 0.6) is 0 Å². The van der Waals surface area contributed by atoms with Gasteiger partial charge in [0.25, 0.3) is 5.91 Å². The van der Waals surface area contributed by atoms with E-state index in [1.54, 1.807) is 18.2 Å². The number of sulfonamides is 1. The van der Waals surface area contributed by atoms with E-state index in [1.165, 1.54) is 54.1 Å². The number of hydrogen-bond acceptors (Lipinski definition) is 8. The third kappa shape index (κ3) is 6.32. The Morgan fingerprint density at radius 1 is 1.07 bits per heavy atom. The van der Waals surface area contributed by atoms with Crippen LogP contribution in [-0.4, -0.2) is 35.3 Å². The minimum Gasteiger partial charge on any atom is -0.409 e. The lowest BCUT2D eigenvalue weighted by Crippen LogP contribution is -2.30. The van der Waals surface area contributed by atoms with Crippen LogP contribution >= 0.6 is 11.3 Å². The van der Waals surface area contributed by atoms with E-state index < -0.39 is 27.4 Å². The Morgan fingerprint density at radius 3 is 2.66 bits per heavy atom. The number of thiazole rings is 1. The average molecular weight is 589 g/mol. The summed E-state index contributed by atoms with van der Waals surface area (Å²) in [5.74, 6) is -0.743. The summed E-state index contributed by atoms with van der Waals surface area (Å²) in [7, 11) is -4.12. The van der Waals surface area contributed by atoms with Crippen LogP contribution in [-0.2, 0) is 16.4 Å². The first-order valence-electron chi connectivity index (χ1n) is 12.3. The van der Waals surface area contributed by atoms with Crippen molar-refractivity contribution in [2.24, 2.45) is 10.9 Å². The number of amides is 1. The van der Waals surface area contributed by atoms with Gasteiger partial charge < -0.3 is 21.2 Å². The molecular formula is C28H24N6O5S2. The maximum Gasteiger partial charge on any atom is 0.261 e. The zero-order valence-corrected chi connectivity index (χ0v) is 22.9. The molecule has 41 heavy (non-hydrogen) atoms. The van der Waals surface area contributed by atoms with Crippen molar-refractivity contribution in [2.75, 3.05) is 5.32 Å². The van der Waals surface area contributed by atoms with Crippen LogP contribution < -0.4 is 21.2 Å². The number of hydrogen-bond donors (Lipinski definition) is 5. The van der Waals surface area contributed by atoms with Crippen molar-refractivity contribution < 1.29 is 18.4 Å². The minimum absolute atomic E-state index is 0.0691. The fourth-order valence-electron chi connectivity index (χ4n) is 4.16. The summed E-state index contributed by atoms with van der Waals surface area (Å²) in [6.45, 7) is 0. The Bertz CT molecular complexity index is 1900. The number of fused-ring (bicyclic) bond motifs is 1. The summed E-state index contributed by atoms with van der Waals surface area (Å²) in [6, 6.07) is 20.6. The smallest absolute Gasteiger partial charge is 0.261 e. The largest absolute Gasteiger partial charge is 0.409 e. The molecule has 0 radical (unpaired) electrons. The van der Waals surface area contributed by atoms with Gasteiger partial charge >= 0.3 is 0 Å². The molecule has 6 N–H and O–H groups in total. The molecule has 2 heterocycles. The number of oxime groups is 1. The lowest BCUT2D eigenvalue weighted by molar-refractivity contribution is 0.102. The molecular weight excluding hydrogens is 564 g/mol. The quantitative estimate of drug-likeness (QED) is 0.0755. The van der Waals surface area contributed by atoms with E-state index in [0.717, 1.165) is 15.8 Å². The number of carbonyl (C=O) groups excluding carboxylic acids is 1. The molecule has 0 aliphatic rings. The number of para-hydroxylation sites is 1. The topological polar surface area (TPSA) is 180 Å². The van der Waals surface area contributed by atoms with Gasteiger partial charge in [-0.2, -0.15) is 0 Å². The van der Waals surface area contributed by atoms with Gasteiger partial charge in [-0.15, -0.1) is 11.3 Å². The maximum atomic E-state index is 13.6. The second-order valence-electron chi connectivity index (χ2n) is 8.99. The molecule has 0 aliphatic carbocycles. The van der Waals surface area contributed by atoms with Gasteiger partial charge in [0.05, 0.1) is 21.2 Å². The summed E-state index contributed by atoms with van der Waals surface area (Å²) >= 11 is 1.37. The normalized spacial score (nSPS) is 12.7. The molecule has 0 bridgehead atoms. The third-order valence-electron chi connectivity index (χ3n) is 6.15. The predicted molar refractivity (Wildman–Crippen MR) is 157 cm³/mol. The maximum absolute atomic E-state index is 13.6. The van der Waals surface area contributed by atoms with Crippen LogP contribution in [0.1, 0.15) is 32.5 Å². The Morgan fingerprint density at radius 2 is 1.88 bits per heavy atom.